The highest BCUT2D eigenvalue weighted by atomic mass is 32.2. The summed E-state index contributed by atoms with van der Waals surface area (Å²) >= 11 is 0. The van der Waals surface area contributed by atoms with Crippen molar-refractivity contribution in [2.75, 3.05) is 32.8 Å². The van der Waals surface area contributed by atoms with E-state index in [1.165, 1.54) is 6.20 Å². The van der Waals surface area contributed by atoms with Gasteiger partial charge in [-0.05, 0) is 43.7 Å². The Bertz CT molecular complexity index is 661. The molecule has 0 radical (unpaired) electrons. The maximum Gasteiger partial charge on any atom is 0.244 e. The van der Waals surface area contributed by atoms with E-state index in [4.69, 9.17) is 4.74 Å². The number of hydrogen-bond donors (Lipinski definition) is 0. The van der Waals surface area contributed by atoms with Crippen LogP contribution in [0.1, 0.15) is 25.7 Å². The van der Waals surface area contributed by atoms with Gasteiger partial charge < -0.3 is 4.74 Å². The van der Waals surface area contributed by atoms with Crippen molar-refractivity contribution < 1.29 is 13.2 Å². The molecule has 0 unspecified atom stereocenters. The number of hydrogen-bond acceptors (Lipinski definition) is 5. The van der Waals surface area contributed by atoms with Gasteiger partial charge in [0.1, 0.15) is 4.90 Å². The number of rotatable bonds is 3. The second-order valence-corrected chi connectivity index (χ2v) is 9.05. The molecule has 0 N–H and O–H groups in total. The summed E-state index contributed by atoms with van der Waals surface area (Å²) in [7, 11) is -3.45. The first kappa shape index (κ1) is 16.4. The van der Waals surface area contributed by atoms with Gasteiger partial charge in [0, 0.05) is 57.3 Å². The number of sulfonamides is 1. The maximum atomic E-state index is 13.1. The van der Waals surface area contributed by atoms with Crippen molar-refractivity contribution >= 4 is 10.0 Å². The number of piperidine rings is 1. The molecule has 4 fully saturated rings. The van der Waals surface area contributed by atoms with Crippen LogP contribution >= 0.6 is 0 Å². The molecule has 4 aliphatic heterocycles. The van der Waals surface area contributed by atoms with Crippen LogP contribution in [0, 0.1) is 5.92 Å². The number of ether oxygens (including phenoxy) is 1. The fourth-order valence-electron chi connectivity index (χ4n) is 4.35. The fraction of sp³-hybridized carbons (Fsp3) is 0.706. The van der Waals surface area contributed by atoms with E-state index < -0.39 is 10.0 Å². The van der Waals surface area contributed by atoms with Crippen LogP contribution in [0.3, 0.4) is 0 Å². The van der Waals surface area contributed by atoms with Crippen molar-refractivity contribution in [1.82, 2.24) is 14.2 Å². The van der Waals surface area contributed by atoms with E-state index in [2.05, 4.69) is 9.88 Å². The maximum absolute atomic E-state index is 13.1. The van der Waals surface area contributed by atoms with Crippen LogP contribution in [0.2, 0.25) is 0 Å². The topological polar surface area (TPSA) is 62.7 Å². The third kappa shape index (κ3) is 3.10. The Morgan fingerprint density at radius 2 is 1.88 bits per heavy atom. The zero-order valence-corrected chi connectivity index (χ0v) is 14.7. The Labute approximate surface area is 143 Å². The molecular weight excluding hydrogens is 326 g/mol. The lowest BCUT2D eigenvalue weighted by Crippen LogP contribution is -2.48. The molecule has 4 saturated heterocycles. The minimum atomic E-state index is -3.45. The van der Waals surface area contributed by atoms with E-state index in [1.807, 2.05) is 0 Å². The van der Waals surface area contributed by atoms with Crippen molar-refractivity contribution in [1.29, 1.82) is 0 Å². The van der Waals surface area contributed by atoms with Crippen LogP contribution in [0.5, 0.6) is 0 Å². The predicted molar refractivity (Wildman–Crippen MR) is 90.1 cm³/mol. The zero-order chi connectivity index (χ0) is 16.6. The van der Waals surface area contributed by atoms with E-state index in [0.29, 0.717) is 23.4 Å². The normalized spacial score (nSPS) is 30.3. The second kappa shape index (κ2) is 6.71. The number of nitrogens with zero attached hydrogens (tertiary/aromatic N) is 3. The Morgan fingerprint density at radius 1 is 1.04 bits per heavy atom. The van der Waals surface area contributed by atoms with Gasteiger partial charge in [-0.1, -0.05) is 0 Å². The van der Waals surface area contributed by atoms with E-state index >= 15 is 0 Å². The van der Waals surface area contributed by atoms with E-state index in [9.17, 15) is 8.42 Å². The summed E-state index contributed by atoms with van der Waals surface area (Å²) in [6.45, 7) is 4.16. The first-order chi connectivity index (χ1) is 11.6. The molecule has 2 bridgehead atoms. The summed E-state index contributed by atoms with van der Waals surface area (Å²) in [5, 5.41) is 0. The van der Waals surface area contributed by atoms with Gasteiger partial charge in [0.25, 0.3) is 0 Å². The summed E-state index contributed by atoms with van der Waals surface area (Å²) in [6, 6.07) is 3.97. The summed E-state index contributed by atoms with van der Waals surface area (Å²) < 4.78 is 33.4. The Morgan fingerprint density at radius 3 is 2.62 bits per heavy atom. The van der Waals surface area contributed by atoms with Crippen LogP contribution < -0.4 is 0 Å². The third-order valence-corrected chi connectivity index (χ3v) is 7.54. The molecule has 0 aliphatic carbocycles. The monoisotopic (exact) mass is 351 g/mol. The molecule has 24 heavy (non-hydrogen) atoms. The van der Waals surface area contributed by atoms with Gasteiger partial charge in [0.15, 0.2) is 0 Å². The van der Waals surface area contributed by atoms with Gasteiger partial charge in [-0.2, -0.15) is 4.31 Å². The van der Waals surface area contributed by atoms with Crippen LogP contribution in [0.4, 0.5) is 0 Å². The first-order valence-corrected chi connectivity index (χ1v) is 10.3. The number of fused-ring (bicyclic) bond motifs is 4. The summed E-state index contributed by atoms with van der Waals surface area (Å²) in [5.41, 5.74) is 0. The van der Waals surface area contributed by atoms with Gasteiger partial charge in [0.2, 0.25) is 10.0 Å². The minimum absolute atomic E-state index is 0.0804. The van der Waals surface area contributed by atoms with E-state index in [-0.39, 0.29) is 6.04 Å². The van der Waals surface area contributed by atoms with Gasteiger partial charge in [-0.25, -0.2) is 8.42 Å². The highest BCUT2D eigenvalue weighted by Crippen LogP contribution is 2.34. The molecule has 0 saturated carbocycles. The largest absolute Gasteiger partial charge is 0.381 e. The summed E-state index contributed by atoms with van der Waals surface area (Å²) in [5.74, 6) is 0.429. The van der Waals surface area contributed by atoms with Gasteiger partial charge in [-0.3, -0.25) is 9.88 Å². The minimum Gasteiger partial charge on any atom is -0.381 e. The Hall–Kier alpha value is -1.02. The average Bonchev–Trinajstić information content (AvgIpc) is 2.95. The van der Waals surface area contributed by atoms with Crippen molar-refractivity contribution in [2.45, 2.75) is 42.7 Å². The lowest BCUT2D eigenvalue weighted by atomic mass is 9.97. The first-order valence-electron chi connectivity index (χ1n) is 8.88. The van der Waals surface area contributed by atoms with Crippen molar-refractivity contribution in [3.05, 3.63) is 24.5 Å². The molecule has 132 valence electrons. The molecule has 6 nitrogen and oxygen atoms in total. The highest BCUT2D eigenvalue weighted by Gasteiger charge is 2.42. The van der Waals surface area contributed by atoms with Crippen molar-refractivity contribution in [3.63, 3.8) is 0 Å². The molecule has 0 spiro atoms. The quantitative estimate of drug-likeness (QED) is 0.822. The van der Waals surface area contributed by atoms with Crippen LogP contribution in [-0.4, -0.2) is 67.5 Å². The molecule has 4 aliphatic rings. The third-order valence-electron chi connectivity index (χ3n) is 5.64. The average molecular weight is 351 g/mol. The lowest BCUT2D eigenvalue weighted by molar-refractivity contribution is 0.0320. The van der Waals surface area contributed by atoms with Gasteiger partial charge in [-0.15, -0.1) is 0 Å². The number of aromatic nitrogens is 1. The molecular formula is C17H25N3O3S. The predicted octanol–water partition coefficient (Wildman–Crippen LogP) is 1.35. The Balaban J connectivity index is 1.57. The number of pyridine rings is 1. The van der Waals surface area contributed by atoms with Crippen molar-refractivity contribution in [2.24, 2.45) is 5.92 Å². The SMILES string of the molecule is O=S(=O)(c1cccnc1)N1C[C@H]2CC[C@@H]1CN(C1CCOCC1)C2. The van der Waals surface area contributed by atoms with E-state index in [1.54, 1.807) is 22.6 Å². The zero-order valence-electron chi connectivity index (χ0n) is 13.9. The molecule has 5 rings (SSSR count). The molecule has 0 amide bonds. The molecule has 1 aromatic rings. The van der Waals surface area contributed by atoms with Crippen LogP contribution in [0.15, 0.2) is 29.4 Å². The van der Waals surface area contributed by atoms with Gasteiger partial charge >= 0.3 is 0 Å². The second-order valence-electron chi connectivity index (χ2n) is 7.16. The standard InChI is InChI=1S/C17H25N3O3S/c21-24(22,17-2-1-7-18-10-17)20-12-14-3-4-16(20)13-19(11-14)15-5-8-23-9-6-15/h1-2,7,10,14-16H,3-6,8-9,11-13H2/t14-,16+/m0/s1. The molecule has 5 heterocycles. The summed E-state index contributed by atoms with van der Waals surface area (Å²) in [4.78, 5) is 6.84. The highest BCUT2D eigenvalue weighted by molar-refractivity contribution is 7.89. The summed E-state index contributed by atoms with van der Waals surface area (Å²) in [6.07, 6.45) is 7.29. The van der Waals surface area contributed by atoms with Gasteiger partial charge in [0.05, 0.1) is 0 Å². The van der Waals surface area contributed by atoms with Crippen LogP contribution in [-0.2, 0) is 14.8 Å². The molecule has 2 atom stereocenters. The smallest absolute Gasteiger partial charge is 0.244 e. The van der Waals surface area contributed by atoms with Crippen molar-refractivity contribution in [3.8, 4) is 0 Å². The Kier molecular flexibility index (Phi) is 4.60. The molecule has 7 heteroatoms. The fourth-order valence-corrected chi connectivity index (χ4v) is 6.04. The molecule has 0 aromatic carbocycles. The van der Waals surface area contributed by atoms with Crippen LogP contribution in [0.25, 0.3) is 0 Å². The van der Waals surface area contributed by atoms with E-state index in [0.717, 1.165) is 52.0 Å². The lowest BCUT2D eigenvalue weighted by Gasteiger charge is -2.36. The molecule has 1 aromatic heterocycles.